The van der Waals surface area contributed by atoms with Crippen LogP contribution in [-0.4, -0.2) is 54.6 Å². The van der Waals surface area contributed by atoms with E-state index in [1.807, 2.05) is 0 Å². The van der Waals surface area contributed by atoms with E-state index in [0.717, 1.165) is 17.1 Å². The van der Waals surface area contributed by atoms with Crippen molar-refractivity contribution in [3.05, 3.63) is 0 Å². The summed E-state index contributed by atoms with van der Waals surface area (Å²) < 4.78 is 25.4. The van der Waals surface area contributed by atoms with Gasteiger partial charge >= 0.3 is 5.97 Å². The van der Waals surface area contributed by atoms with Crippen LogP contribution in [0.5, 0.6) is 0 Å². The lowest BCUT2D eigenvalue weighted by Gasteiger charge is -2.25. The number of carboxylic acids is 1. The van der Waals surface area contributed by atoms with Crippen LogP contribution >= 0.6 is 0 Å². The number of nitrogens with one attached hydrogen (secondary N) is 1. The van der Waals surface area contributed by atoms with Gasteiger partial charge in [0.15, 0.2) is 0 Å². The van der Waals surface area contributed by atoms with Crippen LogP contribution in [-0.2, 0) is 19.6 Å². The monoisotopic (exact) mass is 306 g/mol. The quantitative estimate of drug-likeness (QED) is 0.625. The average Bonchev–Trinajstić information content (AvgIpc) is 3.14. The van der Waals surface area contributed by atoms with Gasteiger partial charge < -0.3 is 10.4 Å². The number of amides is 1. The molecule has 2 N–H and O–H groups in total. The lowest BCUT2D eigenvalue weighted by atomic mass is 10.3. The summed E-state index contributed by atoms with van der Waals surface area (Å²) in [6, 6.07) is -1.13. The van der Waals surface area contributed by atoms with Crippen molar-refractivity contribution in [1.29, 1.82) is 0 Å². The third-order valence-electron chi connectivity index (χ3n) is 3.33. The molecular weight excluding hydrogens is 284 g/mol. The van der Waals surface area contributed by atoms with Gasteiger partial charge in [0, 0.05) is 20.0 Å². The normalized spacial score (nSPS) is 16.9. The predicted octanol–water partition coefficient (Wildman–Crippen LogP) is 0.0275. The SMILES string of the molecule is CC(=O)NCCN(C(C)C(=O)O)S(=O)(=O)CCC1CC1. The minimum atomic E-state index is -3.62. The van der Waals surface area contributed by atoms with Crippen LogP contribution in [0.25, 0.3) is 0 Å². The van der Waals surface area contributed by atoms with Gasteiger partial charge in [0.25, 0.3) is 0 Å². The fourth-order valence-corrected chi connectivity index (χ4v) is 3.69. The Morgan fingerprint density at radius 2 is 2.00 bits per heavy atom. The number of carbonyl (C=O) groups is 2. The van der Waals surface area contributed by atoms with E-state index in [9.17, 15) is 18.0 Å². The molecule has 1 saturated carbocycles. The second-order valence-electron chi connectivity index (χ2n) is 5.16. The summed E-state index contributed by atoms with van der Waals surface area (Å²) in [6.45, 7) is 2.74. The fraction of sp³-hybridized carbons (Fsp3) is 0.833. The largest absolute Gasteiger partial charge is 0.480 e. The van der Waals surface area contributed by atoms with Gasteiger partial charge in [-0.3, -0.25) is 9.59 Å². The first-order valence-electron chi connectivity index (χ1n) is 6.71. The molecule has 1 amide bonds. The predicted molar refractivity (Wildman–Crippen MR) is 73.6 cm³/mol. The van der Waals surface area contributed by atoms with Crippen molar-refractivity contribution in [3.8, 4) is 0 Å². The molecule has 0 radical (unpaired) electrons. The average molecular weight is 306 g/mol. The molecule has 116 valence electrons. The first-order chi connectivity index (χ1) is 9.24. The number of rotatable bonds is 9. The second-order valence-corrected chi connectivity index (χ2v) is 7.20. The van der Waals surface area contributed by atoms with Crippen molar-refractivity contribution < 1.29 is 23.1 Å². The molecule has 7 nitrogen and oxygen atoms in total. The summed E-state index contributed by atoms with van der Waals surface area (Å²) >= 11 is 0. The van der Waals surface area contributed by atoms with Gasteiger partial charge in [-0.2, -0.15) is 4.31 Å². The number of nitrogens with zero attached hydrogens (tertiary/aromatic N) is 1. The van der Waals surface area contributed by atoms with Gasteiger partial charge in [-0.15, -0.1) is 0 Å². The first-order valence-corrected chi connectivity index (χ1v) is 8.31. The molecule has 1 aliphatic carbocycles. The van der Waals surface area contributed by atoms with Crippen molar-refractivity contribution in [2.45, 2.75) is 39.2 Å². The minimum Gasteiger partial charge on any atom is -0.480 e. The Kier molecular flexibility index (Phi) is 5.94. The summed E-state index contributed by atoms with van der Waals surface area (Å²) in [5.74, 6) is -1.04. The summed E-state index contributed by atoms with van der Waals surface area (Å²) in [4.78, 5) is 21.8. The molecule has 20 heavy (non-hydrogen) atoms. The molecule has 1 unspecified atom stereocenters. The molecule has 0 bridgehead atoms. The van der Waals surface area contributed by atoms with Gasteiger partial charge in [0.1, 0.15) is 6.04 Å². The van der Waals surface area contributed by atoms with Crippen LogP contribution in [0.1, 0.15) is 33.1 Å². The topological polar surface area (TPSA) is 104 Å². The van der Waals surface area contributed by atoms with E-state index in [-0.39, 0.29) is 24.7 Å². The smallest absolute Gasteiger partial charge is 0.321 e. The number of sulfonamides is 1. The van der Waals surface area contributed by atoms with Crippen LogP contribution in [0.15, 0.2) is 0 Å². The highest BCUT2D eigenvalue weighted by Crippen LogP contribution is 2.33. The van der Waals surface area contributed by atoms with E-state index in [2.05, 4.69) is 5.32 Å². The van der Waals surface area contributed by atoms with E-state index < -0.39 is 22.0 Å². The highest BCUT2D eigenvalue weighted by molar-refractivity contribution is 7.89. The molecule has 0 spiro atoms. The summed E-state index contributed by atoms with van der Waals surface area (Å²) in [6.07, 6.45) is 2.68. The first kappa shape index (κ1) is 16.9. The Hall–Kier alpha value is -1.15. The zero-order valence-corrected chi connectivity index (χ0v) is 12.6. The van der Waals surface area contributed by atoms with Crippen LogP contribution in [0.4, 0.5) is 0 Å². The van der Waals surface area contributed by atoms with Gasteiger partial charge in [-0.05, 0) is 19.3 Å². The summed E-state index contributed by atoms with van der Waals surface area (Å²) in [5, 5.41) is 11.5. The zero-order valence-electron chi connectivity index (χ0n) is 11.8. The van der Waals surface area contributed by atoms with Gasteiger partial charge in [0.05, 0.1) is 5.75 Å². The van der Waals surface area contributed by atoms with Gasteiger partial charge in [-0.25, -0.2) is 8.42 Å². The molecule has 8 heteroatoms. The van der Waals surface area contributed by atoms with Crippen molar-refractivity contribution in [2.75, 3.05) is 18.8 Å². The van der Waals surface area contributed by atoms with Crippen LogP contribution in [0.3, 0.4) is 0 Å². The van der Waals surface area contributed by atoms with E-state index >= 15 is 0 Å². The number of carbonyl (C=O) groups excluding carboxylic acids is 1. The second kappa shape index (κ2) is 7.03. The Morgan fingerprint density at radius 1 is 1.40 bits per heavy atom. The van der Waals surface area contributed by atoms with Crippen LogP contribution in [0.2, 0.25) is 0 Å². The standard InChI is InChI=1S/C12H22N2O5S/c1-9(12(16)17)14(7-6-13-10(2)15)20(18,19)8-5-11-3-4-11/h9,11H,3-8H2,1-2H3,(H,13,15)(H,16,17). The Bertz CT molecular complexity index is 458. The van der Waals surface area contributed by atoms with Crippen molar-refractivity contribution in [1.82, 2.24) is 9.62 Å². The van der Waals surface area contributed by atoms with Crippen molar-refractivity contribution >= 4 is 21.9 Å². The Morgan fingerprint density at radius 3 is 2.45 bits per heavy atom. The Balaban J connectivity index is 2.67. The molecule has 1 fully saturated rings. The molecule has 0 aromatic rings. The molecule has 0 heterocycles. The minimum absolute atomic E-state index is 0.0277. The maximum absolute atomic E-state index is 12.2. The van der Waals surface area contributed by atoms with Gasteiger partial charge in [-0.1, -0.05) is 12.8 Å². The third-order valence-corrected chi connectivity index (χ3v) is 5.30. The highest BCUT2D eigenvalue weighted by Gasteiger charge is 2.33. The maximum atomic E-state index is 12.2. The van der Waals surface area contributed by atoms with E-state index in [1.165, 1.54) is 13.8 Å². The molecule has 1 rings (SSSR count). The zero-order chi connectivity index (χ0) is 15.3. The van der Waals surface area contributed by atoms with Crippen LogP contribution < -0.4 is 5.32 Å². The van der Waals surface area contributed by atoms with Gasteiger partial charge in [0.2, 0.25) is 15.9 Å². The molecule has 1 aliphatic rings. The fourth-order valence-electron chi connectivity index (χ4n) is 1.88. The van der Waals surface area contributed by atoms with Crippen molar-refractivity contribution in [2.24, 2.45) is 5.92 Å². The Labute approximate surface area is 119 Å². The van der Waals surface area contributed by atoms with E-state index in [0.29, 0.717) is 12.3 Å². The number of hydrogen-bond donors (Lipinski definition) is 2. The number of carboxylic acid groups (broad SMARTS) is 1. The number of aliphatic carboxylic acids is 1. The third kappa shape index (κ3) is 5.46. The molecule has 1 atom stereocenters. The lowest BCUT2D eigenvalue weighted by molar-refractivity contribution is -0.140. The molecular formula is C12H22N2O5S. The van der Waals surface area contributed by atoms with Crippen molar-refractivity contribution in [3.63, 3.8) is 0 Å². The molecule has 0 aromatic carbocycles. The summed E-state index contributed by atoms with van der Waals surface area (Å²) in [7, 11) is -3.62. The molecule has 0 aliphatic heterocycles. The highest BCUT2D eigenvalue weighted by atomic mass is 32.2. The molecule has 0 aromatic heterocycles. The lowest BCUT2D eigenvalue weighted by Crippen LogP contribution is -2.47. The number of hydrogen-bond acceptors (Lipinski definition) is 4. The van der Waals surface area contributed by atoms with E-state index in [1.54, 1.807) is 0 Å². The van der Waals surface area contributed by atoms with Crippen LogP contribution in [0, 0.1) is 5.92 Å². The maximum Gasteiger partial charge on any atom is 0.321 e. The van der Waals surface area contributed by atoms with E-state index in [4.69, 9.17) is 5.11 Å². The molecule has 0 saturated heterocycles. The summed E-state index contributed by atoms with van der Waals surface area (Å²) in [5.41, 5.74) is 0.